The van der Waals surface area contributed by atoms with Crippen molar-refractivity contribution < 1.29 is 9.53 Å². The van der Waals surface area contributed by atoms with E-state index < -0.39 is 0 Å². The first-order valence-electron chi connectivity index (χ1n) is 4.78. The van der Waals surface area contributed by atoms with Crippen molar-refractivity contribution in [2.75, 3.05) is 6.61 Å². The zero-order chi connectivity index (χ0) is 10.6. The average Bonchev–Trinajstić information content (AvgIpc) is 2.46. The van der Waals surface area contributed by atoms with E-state index >= 15 is 0 Å². The summed E-state index contributed by atoms with van der Waals surface area (Å²) in [6, 6.07) is 0. The van der Waals surface area contributed by atoms with E-state index in [4.69, 9.17) is 4.74 Å². The molecule has 0 aliphatic rings. The zero-order valence-electron chi connectivity index (χ0n) is 8.79. The third-order valence-electron chi connectivity index (χ3n) is 1.87. The molecule has 0 radical (unpaired) electrons. The fourth-order valence-electron chi connectivity index (χ4n) is 1.23. The van der Waals surface area contributed by atoms with Gasteiger partial charge in [0.05, 0.1) is 18.7 Å². The SMILES string of the molecule is CCOC(=O)Cc1nc(CC)c(C)s1. The largest absolute Gasteiger partial charge is 0.466 e. The maximum absolute atomic E-state index is 11.2. The van der Waals surface area contributed by atoms with E-state index in [0.717, 1.165) is 17.1 Å². The monoisotopic (exact) mass is 213 g/mol. The Morgan fingerprint density at radius 3 is 2.71 bits per heavy atom. The second kappa shape index (κ2) is 5.10. The molecule has 4 heteroatoms. The molecule has 0 atom stereocenters. The molecule has 0 spiro atoms. The summed E-state index contributed by atoms with van der Waals surface area (Å²) < 4.78 is 4.86. The minimum absolute atomic E-state index is 0.191. The lowest BCUT2D eigenvalue weighted by molar-refractivity contribution is -0.142. The zero-order valence-corrected chi connectivity index (χ0v) is 9.61. The number of hydrogen-bond acceptors (Lipinski definition) is 4. The second-order valence-corrected chi connectivity index (χ2v) is 4.23. The van der Waals surface area contributed by atoms with Crippen LogP contribution in [0.25, 0.3) is 0 Å². The number of aromatic nitrogens is 1. The minimum Gasteiger partial charge on any atom is -0.466 e. The summed E-state index contributed by atoms with van der Waals surface area (Å²) in [4.78, 5) is 16.7. The molecular weight excluding hydrogens is 198 g/mol. The Hall–Kier alpha value is -0.900. The Kier molecular flexibility index (Phi) is 4.07. The van der Waals surface area contributed by atoms with E-state index in [1.165, 1.54) is 4.88 Å². The van der Waals surface area contributed by atoms with Gasteiger partial charge in [-0.15, -0.1) is 11.3 Å². The lowest BCUT2D eigenvalue weighted by atomic mass is 10.3. The van der Waals surface area contributed by atoms with Crippen molar-refractivity contribution in [2.24, 2.45) is 0 Å². The summed E-state index contributed by atoms with van der Waals surface area (Å²) >= 11 is 1.58. The molecule has 0 amide bonds. The molecule has 1 rings (SSSR count). The van der Waals surface area contributed by atoms with Crippen molar-refractivity contribution in [1.82, 2.24) is 4.98 Å². The first-order chi connectivity index (χ1) is 6.67. The number of rotatable bonds is 4. The third kappa shape index (κ3) is 2.80. The van der Waals surface area contributed by atoms with Crippen molar-refractivity contribution in [3.63, 3.8) is 0 Å². The van der Waals surface area contributed by atoms with E-state index in [9.17, 15) is 4.79 Å². The molecule has 14 heavy (non-hydrogen) atoms. The molecule has 0 aliphatic heterocycles. The maximum atomic E-state index is 11.2. The number of thiazole rings is 1. The van der Waals surface area contributed by atoms with Crippen LogP contribution in [0.4, 0.5) is 0 Å². The van der Waals surface area contributed by atoms with Crippen LogP contribution in [0.5, 0.6) is 0 Å². The summed E-state index contributed by atoms with van der Waals surface area (Å²) in [6.45, 7) is 6.34. The van der Waals surface area contributed by atoms with Crippen molar-refractivity contribution in [2.45, 2.75) is 33.6 Å². The van der Waals surface area contributed by atoms with Gasteiger partial charge in [-0.05, 0) is 20.3 Å². The normalized spacial score (nSPS) is 10.2. The standard InChI is InChI=1S/C10H15NO2S/c1-4-8-7(3)14-9(11-8)6-10(12)13-5-2/h4-6H2,1-3H3. The Morgan fingerprint density at radius 2 is 2.21 bits per heavy atom. The number of hydrogen-bond donors (Lipinski definition) is 0. The van der Waals surface area contributed by atoms with Crippen LogP contribution >= 0.6 is 11.3 Å². The number of nitrogens with zero attached hydrogens (tertiary/aromatic N) is 1. The third-order valence-corrected chi connectivity index (χ3v) is 2.89. The molecule has 0 N–H and O–H groups in total. The summed E-state index contributed by atoms with van der Waals surface area (Å²) in [5.41, 5.74) is 1.09. The maximum Gasteiger partial charge on any atom is 0.312 e. The van der Waals surface area contributed by atoms with Gasteiger partial charge >= 0.3 is 5.97 Å². The Balaban J connectivity index is 2.63. The van der Waals surface area contributed by atoms with Gasteiger partial charge in [0.2, 0.25) is 0 Å². The summed E-state index contributed by atoms with van der Waals surface area (Å²) in [5, 5.41) is 0.859. The quantitative estimate of drug-likeness (QED) is 0.719. The van der Waals surface area contributed by atoms with Crippen molar-refractivity contribution >= 4 is 17.3 Å². The highest BCUT2D eigenvalue weighted by molar-refractivity contribution is 7.11. The first kappa shape index (κ1) is 11.2. The van der Waals surface area contributed by atoms with Crippen LogP contribution in [0.2, 0.25) is 0 Å². The lowest BCUT2D eigenvalue weighted by Crippen LogP contribution is -2.07. The van der Waals surface area contributed by atoms with Crippen molar-refractivity contribution in [3.05, 3.63) is 15.6 Å². The van der Waals surface area contributed by atoms with Crippen molar-refractivity contribution in [3.8, 4) is 0 Å². The van der Waals surface area contributed by atoms with Gasteiger partial charge in [-0.3, -0.25) is 4.79 Å². The van der Waals surface area contributed by atoms with Crippen molar-refractivity contribution in [1.29, 1.82) is 0 Å². The predicted octanol–water partition coefficient (Wildman–Crippen LogP) is 2.12. The molecule has 0 saturated carbocycles. The second-order valence-electron chi connectivity index (χ2n) is 2.95. The summed E-state index contributed by atoms with van der Waals surface area (Å²) in [7, 11) is 0. The van der Waals surface area contributed by atoms with E-state index in [-0.39, 0.29) is 5.97 Å². The van der Waals surface area contributed by atoms with Gasteiger partial charge < -0.3 is 4.74 Å². The Bertz CT molecular complexity index is 320. The van der Waals surface area contributed by atoms with E-state index in [0.29, 0.717) is 13.0 Å². The number of carbonyl (C=O) groups excluding carboxylic acids is 1. The van der Waals surface area contributed by atoms with E-state index in [2.05, 4.69) is 11.9 Å². The van der Waals surface area contributed by atoms with Crippen LogP contribution < -0.4 is 0 Å². The van der Waals surface area contributed by atoms with Crippen LogP contribution in [-0.2, 0) is 22.4 Å². The summed E-state index contributed by atoms with van der Waals surface area (Å²) in [5.74, 6) is -0.191. The fraction of sp³-hybridized carbons (Fsp3) is 0.600. The molecule has 1 aromatic heterocycles. The van der Waals surface area contributed by atoms with Gasteiger partial charge in [0, 0.05) is 4.88 Å². The molecule has 0 bridgehead atoms. The first-order valence-corrected chi connectivity index (χ1v) is 5.59. The average molecular weight is 213 g/mol. The molecule has 0 unspecified atom stereocenters. The van der Waals surface area contributed by atoms with Gasteiger partial charge in [-0.1, -0.05) is 6.92 Å². The van der Waals surface area contributed by atoms with Crippen LogP contribution in [0.15, 0.2) is 0 Å². The molecule has 78 valence electrons. The number of carbonyl (C=O) groups is 1. The number of esters is 1. The van der Waals surface area contributed by atoms with Gasteiger partial charge in [0.25, 0.3) is 0 Å². The fourth-order valence-corrected chi connectivity index (χ4v) is 2.23. The Morgan fingerprint density at radius 1 is 1.50 bits per heavy atom. The summed E-state index contributed by atoms with van der Waals surface area (Å²) in [6.07, 6.45) is 1.23. The van der Waals surface area contributed by atoms with Crippen LogP contribution in [0.1, 0.15) is 29.4 Å². The molecule has 0 fully saturated rings. The molecule has 0 aromatic carbocycles. The molecule has 3 nitrogen and oxygen atoms in total. The molecule has 1 heterocycles. The highest BCUT2D eigenvalue weighted by Gasteiger charge is 2.10. The lowest BCUT2D eigenvalue weighted by Gasteiger charge is -1.97. The van der Waals surface area contributed by atoms with E-state index in [1.54, 1.807) is 11.3 Å². The number of aryl methyl sites for hydroxylation is 2. The topological polar surface area (TPSA) is 39.2 Å². The smallest absolute Gasteiger partial charge is 0.312 e. The molecule has 0 aliphatic carbocycles. The highest BCUT2D eigenvalue weighted by atomic mass is 32.1. The predicted molar refractivity (Wildman–Crippen MR) is 56.6 cm³/mol. The van der Waals surface area contributed by atoms with Crippen LogP contribution in [0, 0.1) is 6.92 Å². The minimum atomic E-state index is -0.191. The van der Waals surface area contributed by atoms with E-state index in [1.807, 2.05) is 13.8 Å². The Labute approximate surface area is 88.1 Å². The molecular formula is C10H15NO2S. The van der Waals surface area contributed by atoms with Gasteiger partial charge in [0.1, 0.15) is 5.01 Å². The number of ether oxygens (including phenoxy) is 1. The van der Waals surface area contributed by atoms with Gasteiger partial charge in [-0.25, -0.2) is 4.98 Å². The molecule has 1 aromatic rings. The van der Waals surface area contributed by atoms with Crippen LogP contribution in [-0.4, -0.2) is 17.6 Å². The van der Waals surface area contributed by atoms with Crippen LogP contribution in [0.3, 0.4) is 0 Å². The molecule has 0 saturated heterocycles. The van der Waals surface area contributed by atoms with Gasteiger partial charge in [-0.2, -0.15) is 0 Å². The highest BCUT2D eigenvalue weighted by Crippen LogP contribution is 2.18. The van der Waals surface area contributed by atoms with Gasteiger partial charge in [0.15, 0.2) is 0 Å².